The number of hydrogen-bond donors (Lipinski definition) is 3. The number of nitrogens with one attached hydrogen (secondary N) is 2. The molecule has 0 aliphatic rings. The topological polar surface area (TPSA) is 70.6 Å². The summed E-state index contributed by atoms with van der Waals surface area (Å²) in [4.78, 5) is 12.2. The van der Waals surface area contributed by atoms with Crippen LogP contribution in [0.15, 0.2) is 59.1 Å². The van der Waals surface area contributed by atoms with E-state index in [1.54, 1.807) is 0 Å². The van der Waals surface area contributed by atoms with Crippen molar-refractivity contribution in [1.29, 1.82) is 0 Å². The molecule has 3 N–H and O–H groups in total. The molecule has 0 bridgehead atoms. The number of rotatable bonds is 8. The standard InChI is InChI=1S/C22H29BrN2O3/c1-22(2,3)28-21(27)25-19(13-16-8-5-4-6-9-16)20(26)15-24-14-17-10-7-11-18(23)12-17/h4-12,19-20,24,26H,13-15H2,1-3H3,(H,25,27)/t19-,20+/m0/s1. The van der Waals surface area contributed by atoms with Crippen molar-refractivity contribution in [3.8, 4) is 0 Å². The van der Waals surface area contributed by atoms with Gasteiger partial charge in [-0.1, -0.05) is 58.4 Å². The molecule has 0 aliphatic carbocycles. The van der Waals surface area contributed by atoms with Crippen LogP contribution in [-0.2, 0) is 17.7 Å². The monoisotopic (exact) mass is 448 g/mol. The number of halogens is 1. The van der Waals surface area contributed by atoms with Gasteiger partial charge in [0.25, 0.3) is 0 Å². The molecule has 0 fully saturated rings. The van der Waals surface area contributed by atoms with Crippen LogP contribution in [0.2, 0.25) is 0 Å². The van der Waals surface area contributed by atoms with Gasteiger partial charge in [0.2, 0.25) is 0 Å². The third-order valence-electron chi connectivity index (χ3n) is 4.04. The maximum Gasteiger partial charge on any atom is 0.407 e. The summed E-state index contributed by atoms with van der Waals surface area (Å²) >= 11 is 3.46. The van der Waals surface area contributed by atoms with Crippen molar-refractivity contribution in [3.63, 3.8) is 0 Å². The number of alkyl carbamates (subject to hydrolysis) is 1. The maximum absolute atomic E-state index is 12.2. The van der Waals surface area contributed by atoms with Crippen molar-refractivity contribution >= 4 is 22.0 Å². The van der Waals surface area contributed by atoms with Gasteiger partial charge in [0.05, 0.1) is 12.1 Å². The van der Waals surface area contributed by atoms with Crippen molar-refractivity contribution in [3.05, 3.63) is 70.2 Å². The fourth-order valence-electron chi connectivity index (χ4n) is 2.76. The highest BCUT2D eigenvalue weighted by Crippen LogP contribution is 2.12. The molecule has 2 rings (SSSR count). The van der Waals surface area contributed by atoms with Crippen molar-refractivity contribution in [2.75, 3.05) is 6.54 Å². The normalized spacial score (nSPS) is 13.6. The van der Waals surface area contributed by atoms with E-state index in [9.17, 15) is 9.90 Å². The summed E-state index contributed by atoms with van der Waals surface area (Å²) in [5.74, 6) is 0. The Morgan fingerprint density at radius 3 is 2.43 bits per heavy atom. The largest absolute Gasteiger partial charge is 0.444 e. The minimum absolute atomic E-state index is 0.347. The minimum atomic E-state index is -0.764. The fourth-order valence-corrected chi connectivity index (χ4v) is 3.21. The molecule has 0 spiro atoms. The molecule has 6 heteroatoms. The van der Waals surface area contributed by atoms with E-state index in [-0.39, 0.29) is 0 Å². The van der Waals surface area contributed by atoms with Gasteiger partial charge >= 0.3 is 6.09 Å². The Labute approximate surface area is 175 Å². The molecule has 0 aromatic heterocycles. The molecule has 28 heavy (non-hydrogen) atoms. The lowest BCUT2D eigenvalue weighted by Gasteiger charge is -2.27. The van der Waals surface area contributed by atoms with Crippen LogP contribution in [0.1, 0.15) is 31.9 Å². The second kappa shape index (κ2) is 10.6. The van der Waals surface area contributed by atoms with Crippen LogP contribution in [0.3, 0.4) is 0 Å². The molecule has 0 saturated carbocycles. The van der Waals surface area contributed by atoms with E-state index < -0.39 is 23.8 Å². The number of benzene rings is 2. The predicted molar refractivity (Wildman–Crippen MR) is 115 cm³/mol. The lowest BCUT2D eigenvalue weighted by atomic mass is 10.0. The average Bonchev–Trinajstić information content (AvgIpc) is 2.60. The van der Waals surface area contributed by atoms with Crippen molar-refractivity contribution in [2.45, 2.75) is 51.5 Å². The molecule has 1 amide bonds. The second-order valence-corrected chi connectivity index (χ2v) is 8.69. The molecule has 0 saturated heterocycles. The van der Waals surface area contributed by atoms with Crippen LogP contribution in [0.25, 0.3) is 0 Å². The third kappa shape index (κ3) is 8.42. The van der Waals surface area contributed by atoms with Crippen LogP contribution >= 0.6 is 15.9 Å². The Morgan fingerprint density at radius 1 is 1.11 bits per heavy atom. The molecule has 2 atom stereocenters. The van der Waals surface area contributed by atoms with Crippen molar-refractivity contribution < 1.29 is 14.6 Å². The van der Waals surface area contributed by atoms with Crippen molar-refractivity contribution in [1.82, 2.24) is 10.6 Å². The number of amides is 1. The van der Waals surface area contributed by atoms with Crippen molar-refractivity contribution in [2.24, 2.45) is 0 Å². The summed E-state index contributed by atoms with van der Waals surface area (Å²) in [7, 11) is 0. The average molecular weight is 449 g/mol. The molecular formula is C22H29BrN2O3. The first-order chi connectivity index (χ1) is 13.2. The molecule has 0 heterocycles. The smallest absolute Gasteiger partial charge is 0.407 e. The van der Waals surface area contributed by atoms with E-state index in [1.165, 1.54) is 0 Å². The Kier molecular flexibility index (Phi) is 8.48. The number of carbonyl (C=O) groups is 1. The van der Waals surface area contributed by atoms with Gasteiger partial charge in [-0.2, -0.15) is 0 Å². The van der Waals surface area contributed by atoms with Gasteiger partial charge in [0.1, 0.15) is 5.60 Å². The minimum Gasteiger partial charge on any atom is -0.444 e. The van der Waals surface area contributed by atoms with Crippen LogP contribution in [-0.4, -0.2) is 35.5 Å². The van der Waals surface area contributed by atoms with Crippen LogP contribution in [0, 0.1) is 0 Å². The van der Waals surface area contributed by atoms with Gasteiger partial charge in [-0.25, -0.2) is 4.79 Å². The van der Waals surface area contributed by atoms with Gasteiger partial charge in [-0.15, -0.1) is 0 Å². The predicted octanol–water partition coefficient (Wildman–Crippen LogP) is 4.04. The van der Waals surface area contributed by atoms with Gasteiger partial charge in [-0.05, 0) is 50.5 Å². The lowest BCUT2D eigenvalue weighted by molar-refractivity contribution is 0.0422. The molecule has 0 aliphatic heterocycles. The zero-order chi connectivity index (χ0) is 20.6. The van der Waals surface area contributed by atoms with E-state index >= 15 is 0 Å². The number of ether oxygens (including phenoxy) is 1. The highest BCUT2D eigenvalue weighted by Gasteiger charge is 2.24. The lowest BCUT2D eigenvalue weighted by Crippen LogP contribution is -2.49. The highest BCUT2D eigenvalue weighted by atomic mass is 79.9. The summed E-state index contributed by atoms with van der Waals surface area (Å²) in [6.45, 7) is 6.42. The van der Waals surface area contributed by atoms with Crippen LogP contribution in [0.5, 0.6) is 0 Å². The Hall–Kier alpha value is -1.89. The first kappa shape index (κ1) is 22.4. The molecule has 0 unspecified atom stereocenters. The first-order valence-corrected chi connectivity index (χ1v) is 10.2. The number of aliphatic hydroxyl groups is 1. The van der Waals surface area contributed by atoms with Gasteiger partial charge in [0.15, 0.2) is 0 Å². The van der Waals surface area contributed by atoms with Gasteiger partial charge in [-0.3, -0.25) is 0 Å². The Morgan fingerprint density at radius 2 is 1.79 bits per heavy atom. The zero-order valence-corrected chi connectivity index (χ0v) is 18.2. The first-order valence-electron chi connectivity index (χ1n) is 9.39. The fraction of sp³-hybridized carbons (Fsp3) is 0.409. The molecule has 0 radical (unpaired) electrons. The maximum atomic E-state index is 12.2. The quantitative estimate of drug-likeness (QED) is 0.569. The SMILES string of the molecule is CC(C)(C)OC(=O)N[C@@H](Cc1ccccc1)[C@H](O)CNCc1cccc(Br)c1. The van der Waals surface area contributed by atoms with E-state index in [2.05, 4.69) is 26.6 Å². The third-order valence-corrected chi connectivity index (χ3v) is 4.53. The van der Waals surface area contributed by atoms with E-state index in [0.717, 1.165) is 15.6 Å². The second-order valence-electron chi connectivity index (χ2n) is 7.77. The molecule has 2 aromatic rings. The molecule has 152 valence electrons. The summed E-state index contributed by atoms with van der Waals surface area (Å²) in [6.07, 6.45) is -0.779. The van der Waals surface area contributed by atoms with E-state index in [1.807, 2.05) is 75.4 Å². The van der Waals surface area contributed by atoms with Crippen LogP contribution in [0.4, 0.5) is 4.79 Å². The van der Waals surface area contributed by atoms with Gasteiger partial charge < -0.3 is 20.5 Å². The van der Waals surface area contributed by atoms with Gasteiger partial charge in [0, 0.05) is 17.6 Å². The molecule has 2 aromatic carbocycles. The Bertz CT molecular complexity index is 747. The Balaban J connectivity index is 1.96. The number of carbonyl (C=O) groups excluding carboxylic acids is 1. The summed E-state index contributed by atoms with van der Waals surface area (Å²) in [6, 6.07) is 17.3. The summed E-state index contributed by atoms with van der Waals surface area (Å²) in [5.41, 5.74) is 1.56. The molecular weight excluding hydrogens is 420 g/mol. The zero-order valence-electron chi connectivity index (χ0n) is 16.6. The number of aliphatic hydroxyl groups excluding tert-OH is 1. The summed E-state index contributed by atoms with van der Waals surface area (Å²) in [5, 5.41) is 16.8. The van der Waals surface area contributed by atoms with Crippen LogP contribution < -0.4 is 10.6 Å². The highest BCUT2D eigenvalue weighted by molar-refractivity contribution is 9.10. The summed E-state index contributed by atoms with van der Waals surface area (Å²) < 4.78 is 6.37. The molecule has 5 nitrogen and oxygen atoms in total. The van der Waals surface area contributed by atoms with E-state index in [0.29, 0.717) is 19.5 Å². The number of hydrogen-bond acceptors (Lipinski definition) is 4. The van der Waals surface area contributed by atoms with E-state index in [4.69, 9.17) is 4.74 Å².